The smallest absolute Gasteiger partial charge is 0.223 e. The maximum atomic E-state index is 11.5. The third kappa shape index (κ3) is 3.05. The van der Waals surface area contributed by atoms with Gasteiger partial charge in [0.05, 0.1) is 0 Å². The molecule has 86 valence electrons. The van der Waals surface area contributed by atoms with Gasteiger partial charge >= 0.3 is 0 Å². The van der Waals surface area contributed by atoms with Crippen molar-refractivity contribution in [1.82, 2.24) is 10.3 Å². The Bertz CT molecular complexity index is 333. The van der Waals surface area contributed by atoms with Crippen molar-refractivity contribution in [1.29, 1.82) is 0 Å². The molecule has 0 spiro atoms. The lowest BCUT2D eigenvalue weighted by Gasteiger charge is -2.23. The number of aryl methyl sites for hydroxylation is 1. The lowest BCUT2D eigenvalue weighted by Crippen LogP contribution is -2.35. The van der Waals surface area contributed by atoms with Crippen LogP contribution in [0, 0.1) is 5.92 Å². The van der Waals surface area contributed by atoms with Crippen LogP contribution in [0.25, 0.3) is 0 Å². The Morgan fingerprint density at radius 2 is 2.31 bits per heavy atom. The molecule has 16 heavy (non-hydrogen) atoms. The van der Waals surface area contributed by atoms with Gasteiger partial charge in [-0.25, -0.2) is 0 Å². The van der Waals surface area contributed by atoms with Crippen molar-refractivity contribution >= 4 is 5.91 Å². The molecule has 1 N–H and O–H groups in total. The Kier molecular flexibility index (Phi) is 3.91. The molecule has 1 amide bonds. The van der Waals surface area contributed by atoms with E-state index in [2.05, 4.69) is 10.3 Å². The van der Waals surface area contributed by atoms with Crippen molar-refractivity contribution in [3.05, 3.63) is 30.1 Å². The second kappa shape index (κ2) is 5.64. The maximum Gasteiger partial charge on any atom is 0.223 e. The minimum absolute atomic E-state index is 0.243. The monoisotopic (exact) mass is 218 g/mol. The van der Waals surface area contributed by atoms with Crippen LogP contribution in [0.4, 0.5) is 0 Å². The molecule has 1 heterocycles. The minimum atomic E-state index is 0.243. The molecule has 1 aliphatic rings. The highest BCUT2D eigenvalue weighted by atomic mass is 16.1. The molecule has 3 heteroatoms. The van der Waals surface area contributed by atoms with Gasteiger partial charge in [0.1, 0.15) is 0 Å². The van der Waals surface area contributed by atoms with Gasteiger partial charge in [-0.05, 0) is 37.8 Å². The molecule has 3 nitrogen and oxygen atoms in total. The summed E-state index contributed by atoms with van der Waals surface area (Å²) in [6.07, 6.45) is 7.08. The van der Waals surface area contributed by atoms with E-state index in [1.54, 1.807) is 0 Å². The molecule has 0 radical (unpaired) electrons. The van der Waals surface area contributed by atoms with Crippen LogP contribution in [0.1, 0.15) is 31.4 Å². The van der Waals surface area contributed by atoms with Crippen LogP contribution in [0.15, 0.2) is 24.4 Å². The number of aromatic nitrogens is 1. The van der Waals surface area contributed by atoms with Crippen LogP contribution >= 0.6 is 0 Å². The molecule has 0 aliphatic heterocycles. The molecule has 1 saturated carbocycles. The summed E-state index contributed by atoms with van der Waals surface area (Å²) in [7, 11) is 0. The summed E-state index contributed by atoms with van der Waals surface area (Å²) in [5.41, 5.74) is 1.10. The van der Waals surface area contributed by atoms with Gasteiger partial charge in [-0.15, -0.1) is 0 Å². The fourth-order valence-electron chi connectivity index (χ4n) is 1.84. The van der Waals surface area contributed by atoms with E-state index >= 15 is 0 Å². The molecule has 0 atom stereocenters. The fourth-order valence-corrected chi connectivity index (χ4v) is 1.84. The van der Waals surface area contributed by atoms with Crippen molar-refractivity contribution in [2.45, 2.75) is 32.1 Å². The van der Waals surface area contributed by atoms with Crippen LogP contribution in [0.3, 0.4) is 0 Å². The Hall–Kier alpha value is -1.38. The van der Waals surface area contributed by atoms with E-state index in [9.17, 15) is 4.79 Å². The van der Waals surface area contributed by atoms with Crippen molar-refractivity contribution in [3.63, 3.8) is 0 Å². The molecule has 0 saturated heterocycles. The summed E-state index contributed by atoms with van der Waals surface area (Å²) >= 11 is 0. The zero-order valence-electron chi connectivity index (χ0n) is 9.48. The lowest BCUT2D eigenvalue weighted by atomic mass is 9.85. The highest BCUT2D eigenvalue weighted by molar-refractivity contribution is 5.79. The van der Waals surface area contributed by atoms with E-state index < -0.39 is 0 Å². The standard InChI is InChI=1S/C13H18N2O/c16-13(11-5-3-6-11)15-10-4-8-12-7-1-2-9-14-12/h1-2,7,9,11H,3-6,8,10H2,(H,15,16). The predicted octanol–water partition coefficient (Wildman–Crippen LogP) is 1.93. The van der Waals surface area contributed by atoms with E-state index in [0.29, 0.717) is 5.92 Å². The number of nitrogens with one attached hydrogen (secondary N) is 1. The summed E-state index contributed by atoms with van der Waals surface area (Å²) in [5, 5.41) is 2.99. The molecular formula is C13H18N2O. The number of hydrogen-bond donors (Lipinski definition) is 1. The van der Waals surface area contributed by atoms with Crippen LogP contribution in [0.2, 0.25) is 0 Å². The molecule has 0 aromatic carbocycles. The van der Waals surface area contributed by atoms with Gasteiger partial charge in [-0.2, -0.15) is 0 Å². The van der Waals surface area contributed by atoms with Crippen LogP contribution in [0.5, 0.6) is 0 Å². The van der Waals surface area contributed by atoms with E-state index in [1.165, 1.54) is 6.42 Å². The highest BCUT2D eigenvalue weighted by Gasteiger charge is 2.24. The van der Waals surface area contributed by atoms with Crippen molar-refractivity contribution in [2.75, 3.05) is 6.54 Å². The van der Waals surface area contributed by atoms with Gasteiger partial charge in [0.25, 0.3) is 0 Å². The van der Waals surface area contributed by atoms with Crippen LogP contribution in [-0.2, 0) is 11.2 Å². The van der Waals surface area contributed by atoms with Gasteiger partial charge in [-0.3, -0.25) is 9.78 Å². The average molecular weight is 218 g/mol. The van der Waals surface area contributed by atoms with Gasteiger partial charge < -0.3 is 5.32 Å². The number of rotatable bonds is 5. The quantitative estimate of drug-likeness (QED) is 0.767. The van der Waals surface area contributed by atoms with E-state index in [1.807, 2.05) is 24.4 Å². The Morgan fingerprint density at radius 3 is 2.94 bits per heavy atom. The van der Waals surface area contributed by atoms with Crippen molar-refractivity contribution in [3.8, 4) is 0 Å². The first-order chi connectivity index (χ1) is 7.86. The molecule has 0 unspecified atom stereocenters. The zero-order chi connectivity index (χ0) is 11.2. The Balaban J connectivity index is 1.60. The van der Waals surface area contributed by atoms with Crippen molar-refractivity contribution < 1.29 is 4.79 Å². The molecule has 1 fully saturated rings. The van der Waals surface area contributed by atoms with Crippen LogP contribution < -0.4 is 5.32 Å². The number of carbonyl (C=O) groups is 1. The molecule has 1 aliphatic carbocycles. The third-order valence-corrected chi connectivity index (χ3v) is 3.11. The number of nitrogens with zero attached hydrogens (tertiary/aromatic N) is 1. The van der Waals surface area contributed by atoms with Gasteiger partial charge in [0.2, 0.25) is 5.91 Å². The molecular weight excluding hydrogens is 200 g/mol. The fraction of sp³-hybridized carbons (Fsp3) is 0.538. The van der Waals surface area contributed by atoms with E-state index in [-0.39, 0.29) is 5.91 Å². The molecule has 1 aromatic heterocycles. The largest absolute Gasteiger partial charge is 0.356 e. The number of carbonyl (C=O) groups excluding carboxylic acids is 1. The van der Waals surface area contributed by atoms with E-state index in [4.69, 9.17) is 0 Å². The zero-order valence-corrected chi connectivity index (χ0v) is 9.48. The topological polar surface area (TPSA) is 42.0 Å². The molecule has 0 bridgehead atoms. The second-order valence-electron chi connectivity index (χ2n) is 4.34. The minimum Gasteiger partial charge on any atom is -0.356 e. The Labute approximate surface area is 96.3 Å². The lowest BCUT2D eigenvalue weighted by molar-refractivity contribution is -0.127. The van der Waals surface area contributed by atoms with E-state index in [0.717, 1.165) is 37.9 Å². The predicted molar refractivity (Wildman–Crippen MR) is 62.9 cm³/mol. The van der Waals surface area contributed by atoms with Crippen LogP contribution in [-0.4, -0.2) is 17.4 Å². The Morgan fingerprint density at radius 1 is 1.44 bits per heavy atom. The SMILES string of the molecule is O=C(NCCCc1ccccn1)C1CCC1. The average Bonchev–Trinajstić information content (AvgIpc) is 2.23. The second-order valence-corrected chi connectivity index (χ2v) is 4.34. The normalized spacial score (nSPS) is 15.5. The number of hydrogen-bond acceptors (Lipinski definition) is 2. The first kappa shape index (κ1) is 11.1. The molecule has 1 aromatic rings. The van der Waals surface area contributed by atoms with Crippen molar-refractivity contribution in [2.24, 2.45) is 5.92 Å². The summed E-state index contributed by atoms with van der Waals surface area (Å²) in [5.74, 6) is 0.544. The van der Waals surface area contributed by atoms with Gasteiger partial charge in [-0.1, -0.05) is 12.5 Å². The number of pyridine rings is 1. The summed E-state index contributed by atoms with van der Waals surface area (Å²) in [6.45, 7) is 0.770. The number of amides is 1. The van der Waals surface area contributed by atoms with Gasteiger partial charge in [0.15, 0.2) is 0 Å². The molecule has 2 rings (SSSR count). The first-order valence-corrected chi connectivity index (χ1v) is 6.04. The summed E-state index contributed by atoms with van der Waals surface area (Å²) in [6, 6.07) is 5.94. The highest BCUT2D eigenvalue weighted by Crippen LogP contribution is 2.25. The third-order valence-electron chi connectivity index (χ3n) is 3.11. The maximum absolute atomic E-state index is 11.5. The first-order valence-electron chi connectivity index (χ1n) is 6.04. The van der Waals surface area contributed by atoms with Gasteiger partial charge in [0, 0.05) is 24.4 Å². The summed E-state index contributed by atoms with van der Waals surface area (Å²) in [4.78, 5) is 15.8. The summed E-state index contributed by atoms with van der Waals surface area (Å²) < 4.78 is 0.